The van der Waals surface area contributed by atoms with E-state index in [-0.39, 0.29) is 11.3 Å². The summed E-state index contributed by atoms with van der Waals surface area (Å²) in [6.45, 7) is 15.0. The third-order valence-electron chi connectivity index (χ3n) is 6.09. The Morgan fingerprint density at radius 3 is 2.23 bits per heavy atom. The first kappa shape index (κ1) is 22.3. The first-order chi connectivity index (χ1) is 14.3. The van der Waals surface area contributed by atoms with Crippen LogP contribution in [-0.2, 0) is 10.2 Å². The fraction of sp³-hybridized carbons (Fsp3) is 0.520. The van der Waals surface area contributed by atoms with E-state index in [1.165, 1.54) is 11.1 Å². The second-order valence-electron chi connectivity index (χ2n) is 9.70. The highest BCUT2D eigenvalue weighted by molar-refractivity contribution is 5.77. The van der Waals surface area contributed by atoms with Crippen molar-refractivity contribution in [1.82, 2.24) is 4.90 Å². The number of aromatic nitrogens is 1. The number of piperazine rings is 1. The highest BCUT2D eigenvalue weighted by atomic mass is 16.2. The molecule has 5 nitrogen and oxygen atoms in total. The van der Waals surface area contributed by atoms with E-state index in [4.69, 9.17) is 0 Å². The van der Waals surface area contributed by atoms with Gasteiger partial charge in [0.05, 0.1) is 19.3 Å². The lowest BCUT2D eigenvalue weighted by molar-refractivity contribution is -0.692. The second-order valence-corrected chi connectivity index (χ2v) is 9.70. The van der Waals surface area contributed by atoms with E-state index in [1.807, 2.05) is 23.2 Å². The van der Waals surface area contributed by atoms with E-state index in [0.717, 1.165) is 32.0 Å². The monoisotopic (exact) mass is 410 g/mol. The van der Waals surface area contributed by atoms with Gasteiger partial charge in [-0.2, -0.15) is 0 Å². The third kappa shape index (κ3) is 5.60. The zero-order valence-electron chi connectivity index (χ0n) is 19.2. The van der Waals surface area contributed by atoms with Gasteiger partial charge in [0, 0.05) is 17.5 Å². The molecule has 0 radical (unpaired) electrons. The summed E-state index contributed by atoms with van der Waals surface area (Å²) in [4.78, 5) is 20.5. The lowest BCUT2D eigenvalue weighted by Gasteiger charge is -2.31. The van der Waals surface area contributed by atoms with Crippen LogP contribution in [0.3, 0.4) is 0 Å². The Hall–Kier alpha value is -2.40. The van der Waals surface area contributed by atoms with Crippen LogP contribution in [0.5, 0.6) is 0 Å². The molecular formula is C25H38N4O+2. The lowest BCUT2D eigenvalue weighted by atomic mass is 9.85. The largest absolute Gasteiger partial charge is 0.332 e. The van der Waals surface area contributed by atoms with Gasteiger partial charge in [0.1, 0.15) is 19.1 Å². The van der Waals surface area contributed by atoms with E-state index < -0.39 is 0 Å². The zero-order chi connectivity index (χ0) is 21.7. The molecule has 3 N–H and O–H groups in total. The smallest absolute Gasteiger partial charge is 0.277 e. The van der Waals surface area contributed by atoms with Crippen LogP contribution in [0.1, 0.15) is 51.8 Å². The summed E-state index contributed by atoms with van der Waals surface area (Å²) in [5.41, 5.74) is 2.80. The number of rotatable bonds is 6. The Balaban J connectivity index is 1.54. The molecule has 0 bridgehead atoms. The van der Waals surface area contributed by atoms with Crippen molar-refractivity contribution in [2.75, 3.05) is 37.6 Å². The molecule has 2 heterocycles. The number of nitrogens with two attached hydrogens (primary N) is 1. The summed E-state index contributed by atoms with van der Waals surface area (Å²) in [6.07, 6.45) is 1.95. The maximum absolute atomic E-state index is 12.9. The van der Waals surface area contributed by atoms with E-state index >= 15 is 0 Å². The van der Waals surface area contributed by atoms with Gasteiger partial charge in [0.25, 0.3) is 11.7 Å². The first-order valence-electron chi connectivity index (χ1n) is 11.2. The third-order valence-corrected chi connectivity index (χ3v) is 6.09. The number of aromatic amines is 1. The van der Waals surface area contributed by atoms with Gasteiger partial charge in [-0.1, -0.05) is 65.0 Å². The molecule has 1 fully saturated rings. The topological polar surface area (TPSA) is 54.3 Å². The number of H-pyrrole nitrogens is 1. The molecule has 3 rings (SSSR count). The summed E-state index contributed by atoms with van der Waals surface area (Å²) < 4.78 is 0. The molecule has 1 aliphatic heterocycles. The maximum atomic E-state index is 12.9. The van der Waals surface area contributed by atoms with E-state index in [0.29, 0.717) is 18.5 Å². The normalized spacial score (nSPS) is 16.1. The number of benzene rings is 1. The van der Waals surface area contributed by atoms with Crippen molar-refractivity contribution in [1.29, 1.82) is 0 Å². The van der Waals surface area contributed by atoms with E-state index in [9.17, 15) is 4.79 Å². The summed E-state index contributed by atoms with van der Waals surface area (Å²) in [5.74, 6) is 1.82. The van der Waals surface area contributed by atoms with Crippen molar-refractivity contribution in [2.45, 2.75) is 46.1 Å². The Labute approximate surface area is 181 Å². The molecule has 0 saturated carbocycles. The number of anilines is 1. The molecular weight excluding hydrogens is 372 g/mol. The van der Waals surface area contributed by atoms with Crippen LogP contribution in [0.2, 0.25) is 0 Å². The van der Waals surface area contributed by atoms with Crippen molar-refractivity contribution in [3.8, 4) is 0 Å². The summed E-state index contributed by atoms with van der Waals surface area (Å²) in [7, 11) is 0. The standard InChI is InChI=1S/C25H36N4O/c1-19(2)24(20-9-11-21(12-10-20)25(3,4)5)27-18-23(30)29-16-14-28(15-17-29)22-8-6-7-13-26-22/h6-13,19,24,27H,14-18H2,1-5H3/p+2/t24-/m1/s1. The Bertz CT molecular complexity index is 803. The van der Waals surface area contributed by atoms with Crippen LogP contribution < -0.4 is 15.2 Å². The quantitative estimate of drug-likeness (QED) is 0.795. The average molecular weight is 411 g/mol. The fourth-order valence-electron chi connectivity index (χ4n) is 4.13. The summed E-state index contributed by atoms with van der Waals surface area (Å²) >= 11 is 0. The van der Waals surface area contributed by atoms with Crippen LogP contribution in [0.4, 0.5) is 5.82 Å². The van der Waals surface area contributed by atoms with Gasteiger partial charge in [-0.15, -0.1) is 0 Å². The van der Waals surface area contributed by atoms with Crippen molar-refractivity contribution < 1.29 is 15.1 Å². The number of carbonyl (C=O) groups excluding carboxylic acids is 1. The van der Waals surface area contributed by atoms with Crippen LogP contribution in [0.25, 0.3) is 0 Å². The minimum atomic E-state index is 0.158. The van der Waals surface area contributed by atoms with Crippen LogP contribution >= 0.6 is 0 Å². The minimum Gasteiger partial charge on any atom is -0.332 e. The molecule has 1 aliphatic rings. The van der Waals surface area contributed by atoms with Crippen molar-refractivity contribution >= 4 is 11.7 Å². The summed E-state index contributed by atoms with van der Waals surface area (Å²) in [5, 5.41) is 2.22. The minimum absolute atomic E-state index is 0.158. The number of pyridine rings is 1. The molecule has 162 valence electrons. The van der Waals surface area contributed by atoms with Gasteiger partial charge >= 0.3 is 0 Å². The molecule has 5 heteroatoms. The summed E-state index contributed by atoms with van der Waals surface area (Å²) in [6, 6.07) is 15.4. The van der Waals surface area contributed by atoms with Gasteiger partial charge in [0.2, 0.25) is 0 Å². The number of amides is 1. The van der Waals surface area contributed by atoms with Crippen molar-refractivity contribution in [2.24, 2.45) is 5.92 Å². The first-order valence-corrected chi connectivity index (χ1v) is 11.2. The van der Waals surface area contributed by atoms with Crippen LogP contribution in [0.15, 0.2) is 48.7 Å². The highest BCUT2D eigenvalue weighted by Crippen LogP contribution is 2.25. The van der Waals surface area contributed by atoms with Gasteiger partial charge in [-0.05, 0) is 17.0 Å². The van der Waals surface area contributed by atoms with Crippen molar-refractivity contribution in [3.05, 3.63) is 59.8 Å². The number of hydrogen-bond donors (Lipinski definition) is 1. The average Bonchev–Trinajstić information content (AvgIpc) is 2.74. The van der Waals surface area contributed by atoms with Crippen LogP contribution in [-0.4, -0.2) is 43.5 Å². The SMILES string of the molecule is CC(C)[C@@H]([NH2+]CC(=O)N1CCN(c2cccc[nH+]2)CC1)c1ccc(C(C)(C)C)cc1. The van der Waals surface area contributed by atoms with Crippen LogP contribution in [0, 0.1) is 5.92 Å². The Kier molecular flexibility index (Phi) is 7.14. The van der Waals surface area contributed by atoms with E-state index in [1.54, 1.807) is 0 Å². The molecule has 1 aromatic heterocycles. The maximum Gasteiger partial charge on any atom is 0.277 e. The van der Waals surface area contributed by atoms with Gasteiger partial charge in [-0.3, -0.25) is 9.69 Å². The van der Waals surface area contributed by atoms with Gasteiger partial charge < -0.3 is 10.2 Å². The van der Waals surface area contributed by atoms with Gasteiger partial charge in [0.15, 0.2) is 6.54 Å². The predicted molar refractivity (Wildman–Crippen MR) is 121 cm³/mol. The molecule has 2 aromatic rings. The number of quaternary nitrogens is 1. The molecule has 1 aromatic carbocycles. The second kappa shape index (κ2) is 9.61. The predicted octanol–water partition coefficient (Wildman–Crippen LogP) is 2.41. The van der Waals surface area contributed by atoms with E-state index in [2.05, 4.69) is 80.2 Å². The molecule has 0 spiro atoms. The van der Waals surface area contributed by atoms with Gasteiger partial charge in [-0.25, -0.2) is 4.98 Å². The molecule has 0 unspecified atom stereocenters. The molecule has 1 saturated heterocycles. The number of carbonyl (C=O) groups is 1. The fourth-order valence-corrected chi connectivity index (χ4v) is 4.13. The Morgan fingerprint density at radius 1 is 1.03 bits per heavy atom. The Morgan fingerprint density at radius 2 is 1.70 bits per heavy atom. The number of nitrogens with one attached hydrogen (secondary N) is 1. The lowest BCUT2D eigenvalue weighted by Crippen LogP contribution is -2.88. The molecule has 1 atom stereocenters. The zero-order valence-corrected chi connectivity index (χ0v) is 19.2. The molecule has 0 aliphatic carbocycles. The highest BCUT2D eigenvalue weighted by Gasteiger charge is 2.28. The molecule has 1 amide bonds. The number of hydrogen-bond acceptors (Lipinski definition) is 2. The molecule has 30 heavy (non-hydrogen) atoms. The number of nitrogens with zero attached hydrogens (tertiary/aromatic N) is 2. The van der Waals surface area contributed by atoms with Crippen molar-refractivity contribution in [3.63, 3.8) is 0 Å².